The molecule has 0 bridgehead atoms. The second-order valence-corrected chi connectivity index (χ2v) is 4.01. The Bertz CT molecular complexity index is 437. The number of nitrogens with two attached hydrogens (primary N) is 1. The van der Waals surface area contributed by atoms with E-state index in [9.17, 15) is 0 Å². The van der Waals surface area contributed by atoms with Gasteiger partial charge in [-0.15, -0.1) is 5.10 Å². The third-order valence-electron chi connectivity index (χ3n) is 2.57. The monoisotopic (exact) mass is 231 g/mol. The second-order valence-electron chi connectivity index (χ2n) is 4.01. The first kappa shape index (κ1) is 11.7. The van der Waals surface area contributed by atoms with Crippen molar-refractivity contribution in [1.82, 2.24) is 20.0 Å². The van der Waals surface area contributed by atoms with Gasteiger partial charge in [-0.05, 0) is 43.5 Å². The first-order chi connectivity index (χ1) is 8.38. The van der Waals surface area contributed by atoms with Crippen LogP contribution in [0.3, 0.4) is 0 Å². The van der Waals surface area contributed by atoms with E-state index < -0.39 is 0 Å². The fraction of sp³-hybridized carbons (Fsp3) is 0.417. The van der Waals surface area contributed by atoms with Crippen molar-refractivity contribution in [3.8, 4) is 0 Å². The van der Waals surface area contributed by atoms with Crippen LogP contribution in [0.1, 0.15) is 24.1 Å². The van der Waals surface area contributed by atoms with Crippen LogP contribution in [0.4, 0.5) is 0 Å². The maximum Gasteiger partial charge on any atom is 0.0827 e. The van der Waals surface area contributed by atoms with Crippen LogP contribution >= 0.6 is 0 Å². The van der Waals surface area contributed by atoms with Gasteiger partial charge in [0.25, 0.3) is 0 Å². The second kappa shape index (κ2) is 6.10. The van der Waals surface area contributed by atoms with Crippen LogP contribution in [0.2, 0.25) is 0 Å². The Morgan fingerprint density at radius 1 is 1.18 bits per heavy atom. The van der Waals surface area contributed by atoms with E-state index in [4.69, 9.17) is 5.73 Å². The Morgan fingerprint density at radius 3 is 2.76 bits per heavy atom. The summed E-state index contributed by atoms with van der Waals surface area (Å²) < 4.78 is 1.85. The Labute approximate surface area is 101 Å². The predicted octanol–water partition coefficient (Wildman–Crippen LogP) is 1.00. The molecule has 0 aliphatic carbocycles. The van der Waals surface area contributed by atoms with E-state index in [2.05, 4.69) is 15.3 Å². The molecule has 0 aliphatic rings. The number of unbranched alkanes of at least 4 members (excludes halogenated alkanes) is 1. The lowest BCUT2D eigenvalue weighted by molar-refractivity contribution is 0.648. The highest BCUT2D eigenvalue weighted by Gasteiger charge is 2.01. The zero-order chi connectivity index (χ0) is 11.9. The highest BCUT2D eigenvalue weighted by molar-refractivity contribution is 5.10. The van der Waals surface area contributed by atoms with Crippen LogP contribution in [0.25, 0.3) is 0 Å². The standard InChI is InChI=1S/C12H17N5/c13-6-2-1-3-12-10-17(16-15-12)9-11-4-7-14-8-5-11/h4-5,7-8,10H,1-3,6,9,13H2. The topological polar surface area (TPSA) is 69.6 Å². The molecule has 2 N–H and O–H groups in total. The van der Waals surface area contributed by atoms with E-state index in [0.717, 1.165) is 38.0 Å². The van der Waals surface area contributed by atoms with Gasteiger partial charge < -0.3 is 5.73 Å². The maximum absolute atomic E-state index is 5.45. The van der Waals surface area contributed by atoms with Crippen molar-refractivity contribution in [2.24, 2.45) is 5.73 Å². The lowest BCUT2D eigenvalue weighted by atomic mass is 10.2. The summed E-state index contributed by atoms with van der Waals surface area (Å²) in [6.07, 6.45) is 8.63. The number of hydrogen-bond acceptors (Lipinski definition) is 4. The van der Waals surface area contributed by atoms with Gasteiger partial charge in [0.1, 0.15) is 0 Å². The van der Waals surface area contributed by atoms with Crippen LogP contribution in [-0.2, 0) is 13.0 Å². The normalized spacial score (nSPS) is 10.6. The molecule has 2 aromatic rings. The quantitative estimate of drug-likeness (QED) is 0.753. The summed E-state index contributed by atoms with van der Waals surface area (Å²) in [5.74, 6) is 0. The van der Waals surface area contributed by atoms with Crippen molar-refractivity contribution in [3.05, 3.63) is 42.0 Å². The molecule has 0 aromatic carbocycles. The van der Waals surface area contributed by atoms with Crippen LogP contribution in [0.15, 0.2) is 30.7 Å². The zero-order valence-corrected chi connectivity index (χ0v) is 9.79. The van der Waals surface area contributed by atoms with Gasteiger partial charge in [0.15, 0.2) is 0 Å². The molecule has 0 saturated carbocycles. The Balaban J connectivity index is 1.90. The van der Waals surface area contributed by atoms with Crippen LogP contribution < -0.4 is 5.73 Å². The molecule has 5 nitrogen and oxygen atoms in total. The minimum atomic E-state index is 0.741. The molecule has 0 aliphatic heterocycles. The van der Waals surface area contributed by atoms with E-state index in [1.54, 1.807) is 12.4 Å². The fourth-order valence-corrected chi connectivity index (χ4v) is 1.66. The minimum absolute atomic E-state index is 0.741. The molecular weight excluding hydrogens is 214 g/mol. The molecule has 5 heteroatoms. The molecule has 17 heavy (non-hydrogen) atoms. The Kier molecular flexibility index (Phi) is 4.21. The zero-order valence-electron chi connectivity index (χ0n) is 9.79. The first-order valence-corrected chi connectivity index (χ1v) is 5.86. The molecule has 90 valence electrons. The average Bonchev–Trinajstić information content (AvgIpc) is 2.79. The van der Waals surface area contributed by atoms with E-state index in [1.807, 2.05) is 23.0 Å². The number of rotatable bonds is 6. The molecule has 2 rings (SSSR count). The predicted molar refractivity (Wildman–Crippen MR) is 65.4 cm³/mol. The lowest BCUT2D eigenvalue weighted by Gasteiger charge is -1.99. The minimum Gasteiger partial charge on any atom is -0.330 e. The van der Waals surface area contributed by atoms with Crippen molar-refractivity contribution in [1.29, 1.82) is 0 Å². The molecule has 0 amide bonds. The third kappa shape index (κ3) is 3.64. The van der Waals surface area contributed by atoms with Crippen molar-refractivity contribution in [2.75, 3.05) is 6.54 Å². The van der Waals surface area contributed by atoms with Gasteiger partial charge in [-0.25, -0.2) is 4.68 Å². The summed E-state index contributed by atoms with van der Waals surface area (Å²) >= 11 is 0. The van der Waals surface area contributed by atoms with Crippen molar-refractivity contribution in [3.63, 3.8) is 0 Å². The number of pyridine rings is 1. The first-order valence-electron chi connectivity index (χ1n) is 5.86. The van der Waals surface area contributed by atoms with Gasteiger partial charge in [-0.1, -0.05) is 5.21 Å². The lowest BCUT2D eigenvalue weighted by Crippen LogP contribution is -2.00. The average molecular weight is 231 g/mol. The Morgan fingerprint density at radius 2 is 2.00 bits per heavy atom. The maximum atomic E-state index is 5.45. The third-order valence-corrected chi connectivity index (χ3v) is 2.57. The molecule has 0 radical (unpaired) electrons. The molecule has 2 aromatic heterocycles. The number of aryl methyl sites for hydroxylation is 1. The van der Waals surface area contributed by atoms with Crippen LogP contribution in [0.5, 0.6) is 0 Å². The SMILES string of the molecule is NCCCCc1cn(Cc2ccncc2)nn1. The van der Waals surface area contributed by atoms with Crippen molar-refractivity contribution < 1.29 is 0 Å². The number of hydrogen-bond donors (Lipinski definition) is 1. The molecule has 0 spiro atoms. The molecule has 0 unspecified atom stereocenters. The largest absolute Gasteiger partial charge is 0.330 e. The van der Waals surface area contributed by atoms with Crippen molar-refractivity contribution in [2.45, 2.75) is 25.8 Å². The van der Waals surface area contributed by atoms with Gasteiger partial charge in [0, 0.05) is 18.6 Å². The molecular formula is C12H17N5. The van der Waals surface area contributed by atoms with Gasteiger partial charge in [-0.3, -0.25) is 4.98 Å². The van der Waals surface area contributed by atoms with Crippen LogP contribution in [-0.4, -0.2) is 26.5 Å². The summed E-state index contributed by atoms with van der Waals surface area (Å²) in [5.41, 5.74) is 7.67. The van der Waals surface area contributed by atoms with Gasteiger partial charge in [0.05, 0.1) is 12.2 Å². The van der Waals surface area contributed by atoms with Crippen LogP contribution in [0, 0.1) is 0 Å². The summed E-state index contributed by atoms with van der Waals surface area (Å²) in [6, 6.07) is 3.96. The molecule has 0 atom stereocenters. The van der Waals surface area contributed by atoms with Gasteiger partial charge >= 0.3 is 0 Å². The molecule has 2 heterocycles. The summed E-state index contributed by atoms with van der Waals surface area (Å²) in [5, 5.41) is 8.25. The van der Waals surface area contributed by atoms with E-state index >= 15 is 0 Å². The van der Waals surface area contributed by atoms with E-state index in [1.165, 1.54) is 5.56 Å². The fourth-order valence-electron chi connectivity index (χ4n) is 1.66. The number of aromatic nitrogens is 4. The van der Waals surface area contributed by atoms with Gasteiger partial charge in [-0.2, -0.15) is 0 Å². The summed E-state index contributed by atoms with van der Waals surface area (Å²) in [4.78, 5) is 3.98. The molecule has 0 fully saturated rings. The smallest absolute Gasteiger partial charge is 0.0827 e. The van der Waals surface area contributed by atoms with Crippen molar-refractivity contribution >= 4 is 0 Å². The Hall–Kier alpha value is -1.75. The summed E-state index contributed by atoms with van der Waals surface area (Å²) in [6.45, 7) is 1.48. The van der Waals surface area contributed by atoms with E-state index in [0.29, 0.717) is 0 Å². The van der Waals surface area contributed by atoms with Gasteiger partial charge in [0.2, 0.25) is 0 Å². The summed E-state index contributed by atoms with van der Waals surface area (Å²) in [7, 11) is 0. The number of nitrogens with zero attached hydrogens (tertiary/aromatic N) is 4. The highest BCUT2D eigenvalue weighted by atomic mass is 15.4. The van der Waals surface area contributed by atoms with E-state index in [-0.39, 0.29) is 0 Å². The molecule has 0 saturated heterocycles. The highest BCUT2D eigenvalue weighted by Crippen LogP contribution is 2.03.